The molecule has 0 heterocycles. The molecule has 0 saturated heterocycles. The van der Waals surface area contributed by atoms with E-state index in [0.29, 0.717) is 5.75 Å². The summed E-state index contributed by atoms with van der Waals surface area (Å²) >= 11 is 0. The molecule has 0 bridgehead atoms. The van der Waals surface area contributed by atoms with Crippen LogP contribution in [-0.4, -0.2) is 50.9 Å². The van der Waals surface area contributed by atoms with Gasteiger partial charge in [0, 0.05) is 18.7 Å². The molecule has 3 aromatic rings. The number of hydrogen-bond acceptors (Lipinski definition) is 5. The molecule has 42 heavy (non-hydrogen) atoms. The lowest BCUT2D eigenvalue weighted by atomic mass is 9.95. The van der Waals surface area contributed by atoms with Crippen molar-refractivity contribution in [1.29, 1.82) is 0 Å². The molecule has 0 aromatic heterocycles. The largest absolute Gasteiger partial charge is 0.497 e. The molecule has 8 nitrogen and oxygen atoms in total. The minimum absolute atomic E-state index is 0.0666. The predicted molar refractivity (Wildman–Crippen MR) is 165 cm³/mol. The Hall–Kier alpha value is -3.85. The van der Waals surface area contributed by atoms with Gasteiger partial charge in [0.25, 0.3) is 10.0 Å². The van der Waals surface area contributed by atoms with Crippen LogP contribution in [-0.2, 0) is 26.2 Å². The van der Waals surface area contributed by atoms with E-state index in [1.54, 1.807) is 43.3 Å². The first-order chi connectivity index (χ1) is 20.1. The molecular formula is C33H41N3O5S. The number of hydrogen-bond donors (Lipinski definition) is 1. The maximum atomic E-state index is 14.1. The van der Waals surface area contributed by atoms with Crippen LogP contribution in [0.15, 0.2) is 77.7 Å². The Kier molecular flexibility index (Phi) is 10.3. The van der Waals surface area contributed by atoms with E-state index in [2.05, 4.69) is 5.32 Å². The van der Waals surface area contributed by atoms with Gasteiger partial charge in [-0.1, -0.05) is 72.9 Å². The molecule has 1 aliphatic carbocycles. The monoisotopic (exact) mass is 591 g/mol. The zero-order valence-corrected chi connectivity index (χ0v) is 25.7. The smallest absolute Gasteiger partial charge is 0.264 e. The van der Waals surface area contributed by atoms with Gasteiger partial charge in [0.1, 0.15) is 18.3 Å². The molecule has 0 radical (unpaired) electrons. The summed E-state index contributed by atoms with van der Waals surface area (Å²) in [5.41, 5.74) is 3.13. The molecular weight excluding hydrogens is 550 g/mol. The van der Waals surface area contributed by atoms with Crippen molar-refractivity contribution in [3.05, 3.63) is 89.5 Å². The Morgan fingerprint density at radius 2 is 1.55 bits per heavy atom. The maximum absolute atomic E-state index is 14.1. The van der Waals surface area contributed by atoms with E-state index in [1.807, 2.05) is 38.1 Å². The van der Waals surface area contributed by atoms with Crippen molar-refractivity contribution in [3.8, 4) is 5.75 Å². The number of ether oxygens (including phenoxy) is 1. The number of carbonyl (C=O) groups excluding carboxylic acids is 2. The third-order valence-electron chi connectivity index (χ3n) is 7.82. The van der Waals surface area contributed by atoms with Crippen LogP contribution in [0.5, 0.6) is 5.75 Å². The van der Waals surface area contributed by atoms with Gasteiger partial charge in [0.15, 0.2) is 0 Å². The number of anilines is 1. The highest BCUT2D eigenvalue weighted by Gasteiger charge is 2.33. The van der Waals surface area contributed by atoms with E-state index in [-0.39, 0.29) is 29.1 Å². The topological polar surface area (TPSA) is 96.0 Å². The second-order valence-corrected chi connectivity index (χ2v) is 12.9. The quantitative estimate of drug-likeness (QED) is 0.323. The number of nitrogens with zero attached hydrogens (tertiary/aromatic N) is 2. The highest BCUT2D eigenvalue weighted by atomic mass is 32.2. The Bertz CT molecular complexity index is 1470. The number of aryl methyl sites for hydroxylation is 2. The molecule has 9 heteroatoms. The molecule has 4 rings (SSSR count). The summed E-state index contributed by atoms with van der Waals surface area (Å²) in [6.07, 6.45) is 5.14. The number of benzene rings is 3. The molecule has 1 saturated carbocycles. The molecule has 224 valence electrons. The van der Waals surface area contributed by atoms with Crippen LogP contribution in [0.25, 0.3) is 0 Å². The second kappa shape index (κ2) is 13.9. The first kappa shape index (κ1) is 31.1. The number of methoxy groups -OCH3 is 1. The lowest BCUT2D eigenvalue weighted by molar-refractivity contribution is -0.139. The normalized spacial score (nSPS) is 14.6. The minimum Gasteiger partial charge on any atom is -0.497 e. The fourth-order valence-corrected chi connectivity index (χ4v) is 6.58. The van der Waals surface area contributed by atoms with Crippen molar-refractivity contribution >= 4 is 27.5 Å². The second-order valence-electron chi connectivity index (χ2n) is 11.1. The lowest BCUT2D eigenvalue weighted by Gasteiger charge is -2.33. The molecule has 1 fully saturated rings. The molecule has 3 aromatic carbocycles. The summed E-state index contributed by atoms with van der Waals surface area (Å²) in [4.78, 5) is 29.1. The number of nitrogens with one attached hydrogen (secondary N) is 1. The van der Waals surface area contributed by atoms with Crippen LogP contribution in [0, 0.1) is 13.8 Å². The molecule has 1 aliphatic rings. The zero-order chi connectivity index (χ0) is 30.3. The van der Waals surface area contributed by atoms with Gasteiger partial charge in [-0.3, -0.25) is 13.9 Å². The van der Waals surface area contributed by atoms with Gasteiger partial charge in [-0.15, -0.1) is 0 Å². The Morgan fingerprint density at radius 1 is 0.929 bits per heavy atom. The average Bonchev–Trinajstić information content (AvgIpc) is 2.99. The Balaban J connectivity index is 1.68. The minimum atomic E-state index is -4.14. The van der Waals surface area contributed by atoms with E-state index in [4.69, 9.17) is 4.74 Å². The average molecular weight is 592 g/mol. The van der Waals surface area contributed by atoms with Gasteiger partial charge in [-0.05, 0) is 63.4 Å². The van der Waals surface area contributed by atoms with Crippen molar-refractivity contribution in [3.63, 3.8) is 0 Å². The molecule has 1 atom stereocenters. The molecule has 2 amide bonds. The summed E-state index contributed by atoms with van der Waals surface area (Å²) in [6, 6.07) is 20.1. The number of sulfonamides is 1. The van der Waals surface area contributed by atoms with Gasteiger partial charge >= 0.3 is 0 Å². The first-order valence-corrected chi connectivity index (χ1v) is 15.9. The van der Waals surface area contributed by atoms with Crippen LogP contribution in [0.2, 0.25) is 0 Å². The van der Waals surface area contributed by atoms with Crippen molar-refractivity contribution in [2.75, 3.05) is 18.0 Å². The fourth-order valence-electron chi connectivity index (χ4n) is 5.17. The lowest BCUT2D eigenvalue weighted by Crippen LogP contribution is -2.53. The molecule has 0 spiro atoms. The third-order valence-corrected chi connectivity index (χ3v) is 9.61. The van der Waals surface area contributed by atoms with Gasteiger partial charge in [-0.2, -0.15) is 0 Å². The van der Waals surface area contributed by atoms with Gasteiger partial charge in [-0.25, -0.2) is 8.42 Å². The maximum Gasteiger partial charge on any atom is 0.264 e. The predicted octanol–water partition coefficient (Wildman–Crippen LogP) is 5.37. The highest BCUT2D eigenvalue weighted by molar-refractivity contribution is 7.92. The highest BCUT2D eigenvalue weighted by Crippen LogP contribution is 2.28. The molecule has 0 unspecified atom stereocenters. The van der Waals surface area contributed by atoms with Crippen molar-refractivity contribution in [2.24, 2.45) is 0 Å². The van der Waals surface area contributed by atoms with Crippen LogP contribution in [0.4, 0.5) is 5.69 Å². The number of amides is 2. The first-order valence-electron chi connectivity index (χ1n) is 14.5. The van der Waals surface area contributed by atoms with E-state index in [0.717, 1.165) is 53.1 Å². The van der Waals surface area contributed by atoms with E-state index >= 15 is 0 Å². The van der Waals surface area contributed by atoms with E-state index in [1.165, 1.54) is 24.1 Å². The van der Waals surface area contributed by atoms with Crippen LogP contribution in [0.1, 0.15) is 55.7 Å². The van der Waals surface area contributed by atoms with Crippen LogP contribution >= 0.6 is 0 Å². The van der Waals surface area contributed by atoms with Gasteiger partial charge in [0.05, 0.1) is 17.7 Å². The van der Waals surface area contributed by atoms with Crippen molar-refractivity contribution in [2.45, 2.75) is 76.4 Å². The number of rotatable bonds is 11. The Labute approximate surface area is 249 Å². The van der Waals surface area contributed by atoms with E-state index < -0.39 is 28.5 Å². The van der Waals surface area contributed by atoms with Crippen LogP contribution < -0.4 is 14.4 Å². The summed E-state index contributed by atoms with van der Waals surface area (Å²) in [5.74, 6) is -0.266. The summed E-state index contributed by atoms with van der Waals surface area (Å²) < 4.78 is 34.4. The molecule has 1 N–H and O–H groups in total. The zero-order valence-electron chi connectivity index (χ0n) is 24.9. The third kappa shape index (κ3) is 7.70. The van der Waals surface area contributed by atoms with Gasteiger partial charge in [0.2, 0.25) is 11.8 Å². The van der Waals surface area contributed by atoms with Crippen molar-refractivity contribution in [1.82, 2.24) is 10.2 Å². The Morgan fingerprint density at radius 3 is 2.17 bits per heavy atom. The summed E-state index contributed by atoms with van der Waals surface area (Å²) in [7, 11) is -2.64. The number of carbonyl (C=O) groups is 2. The van der Waals surface area contributed by atoms with Crippen LogP contribution in [0.3, 0.4) is 0 Å². The van der Waals surface area contributed by atoms with E-state index in [9.17, 15) is 18.0 Å². The SMILES string of the molecule is COc1cccc(N(CC(=O)N(Cc2ccc(C)cc2)[C@@H](C)C(=O)NC2CCCCC2)S(=O)(=O)c2ccc(C)cc2)c1. The fraction of sp³-hybridized carbons (Fsp3) is 0.394. The summed E-state index contributed by atoms with van der Waals surface area (Å²) in [6.45, 7) is 5.23. The standard InChI is InChI=1S/C33H41N3O5S/c1-24-13-17-27(18-14-24)22-35(26(3)33(38)34-28-9-6-5-7-10-28)32(37)23-36(29-11-8-12-30(21-29)41-4)42(39,40)31-19-15-25(2)16-20-31/h8,11-21,26,28H,5-7,9-10,22-23H2,1-4H3,(H,34,38)/t26-/m0/s1. The van der Waals surface area contributed by atoms with Crippen molar-refractivity contribution < 1.29 is 22.7 Å². The summed E-state index contributed by atoms with van der Waals surface area (Å²) in [5, 5.41) is 3.13. The molecule has 0 aliphatic heterocycles. The van der Waals surface area contributed by atoms with Gasteiger partial charge < -0.3 is 15.0 Å².